The van der Waals surface area contributed by atoms with Gasteiger partial charge in [-0.15, -0.1) is 11.8 Å². The van der Waals surface area contributed by atoms with Crippen molar-refractivity contribution in [2.45, 2.75) is 4.90 Å². The fourth-order valence-corrected chi connectivity index (χ4v) is 3.56. The molecule has 1 heterocycles. The third kappa shape index (κ3) is 3.07. The van der Waals surface area contributed by atoms with Crippen LogP contribution < -0.4 is 4.74 Å². The van der Waals surface area contributed by atoms with E-state index >= 15 is 0 Å². The molecule has 3 rings (SSSR count). The number of hydrogen-bond donors (Lipinski definition) is 1. The second-order valence-corrected chi connectivity index (χ2v) is 6.41. The highest BCUT2D eigenvalue weighted by molar-refractivity contribution is 7.99. The zero-order valence-corrected chi connectivity index (χ0v) is 13.7. The summed E-state index contributed by atoms with van der Waals surface area (Å²) in [4.78, 5) is 13.3. The molecule has 1 aliphatic rings. The number of ether oxygens (including phenoxy) is 1. The van der Waals surface area contributed by atoms with Gasteiger partial charge in [-0.2, -0.15) is 0 Å². The highest BCUT2D eigenvalue weighted by atomic mass is 35.5. The van der Waals surface area contributed by atoms with Gasteiger partial charge in [-0.25, -0.2) is 4.39 Å². The van der Waals surface area contributed by atoms with Gasteiger partial charge < -0.3 is 9.84 Å². The third-order valence-electron chi connectivity index (χ3n) is 3.47. The molecule has 118 valence electrons. The molecule has 1 N–H and O–H groups in total. The summed E-state index contributed by atoms with van der Waals surface area (Å²) < 4.78 is 18.4. The van der Waals surface area contributed by atoms with Crippen molar-refractivity contribution < 1.29 is 19.0 Å². The Balaban J connectivity index is 2.01. The maximum atomic E-state index is 13.4. The molecule has 0 saturated heterocycles. The molecule has 0 atom stereocenters. The van der Waals surface area contributed by atoms with Gasteiger partial charge >= 0.3 is 0 Å². The Morgan fingerprint density at radius 3 is 2.87 bits per heavy atom. The van der Waals surface area contributed by atoms with E-state index in [0.29, 0.717) is 22.5 Å². The van der Waals surface area contributed by atoms with Crippen LogP contribution in [0.2, 0.25) is 5.02 Å². The summed E-state index contributed by atoms with van der Waals surface area (Å²) in [5, 5.41) is 9.89. The Morgan fingerprint density at radius 2 is 2.13 bits per heavy atom. The number of thioether (sulfide) groups is 1. The number of hydrogen-bond acceptors (Lipinski definition) is 4. The predicted octanol–water partition coefficient (Wildman–Crippen LogP) is 4.57. The van der Waals surface area contributed by atoms with Gasteiger partial charge in [0.15, 0.2) is 17.3 Å². The fourth-order valence-electron chi connectivity index (χ4n) is 2.34. The van der Waals surface area contributed by atoms with Crippen molar-refractivity contribution >= 4 is 35.2 Å². The molecular weight excluding hydrogens is 339 g/mol. The number of aromatic hydroxyl groups is 1. The van der Waals surface area contributed by atoms with Gasteiger partial charge in [-0.1, -0.05) is 11.6 Å². The molecule has 0 unspecified atom stereocenters. The molecule has 0 spiro atoms. The fraction of sp³-hybridized carbons (Fsp3) is 0.118. The molecule has 23 heavy (non-hydrogen) atoms. The van der Waals surface area contributed by atoms with E-state index in [1.165, 1.54) is 31.0 Å². The molecule has 0 amide bonds. The first-order valence-electron chi connectivity index (χ1n) is 6.73. The van der Waals surface area contributed by atoms with Crippen LogP contribution in [0.5, 0.6) is 11.5 Å². The van der Waals surface area contributed by atoms with Crippen LogP contribution in [-0.4, -0.2) is 23.8 Å². The Hall–Kier alpha value is -1.98. The van der Waals surface area contributed by atoms with Crippen LogP contribution in [0.1, 0.15) is 15.9 Å². The minimum absolute atomic E-state index is 0.138. The number of phenolic OH excluding ortho intramolecular Hbond substituents is 1. The number of methoxy groups -OCH3 is 1. The van der Waals surface area contributed by atoms with Gasteiger partial charge in [-0.3, -0.25) is 4.79 Å². The van der Waals surface area contributed by atoms with Crippen LogP contribution in [0.15, 0.2) is 40.8 Å². The Bertz CT molecular complexity index is 833. The standard InChI is InChI=1S/C17H12ClFO3S/c1-22-14-6-9(5-13(18)17(14)21)4-10-8-23-15-3-2-11(19)7-12(15)16(10)20/h2-7,21H,8H2,1H3/b10-4+. The number of fused-ring (bicyclic) bond motifs is 1. The van der Waals surface area contributed by atoms with E-state index in [4.69, 9.17) is 16.3 Å². The topological polar surface area (TPSA) is 46.5 Å². The molecule has 3 nitrogen and oxygen atoms in total. The zero-order valence-electron chi connectivity index (χ0n) is 12.1. The van der Waals surface area contributed by atoms with Crippen molar-refractivity contribution in [3.8, 4) is 11.5 Å². The van der Waals surface area contributed by atoms with E-state index in [2.05, 4.69) is 0 Å². The minimum atomic E-state index is -0.437. The largest absolute Gasteiger partial charge is 0.503 e. The van der Waals surface area contributed by atoms with E-state index in [1.54, 1.807) is 24.3 Å². The van der Waals surface area contributed by atoms with Crippen LogP contribution >= 0.6 is 23.4 Å². The number of Topliss-reactive ketones (excluding diaryl/α,β-unsaturated/α-hetero) is 1. The number of carbonyl (C=O) groups is 1. The molecule has 1 aliphatic heterocycles. The third-order valence-corrected chi connectivity index (χ3v) is 4.88. The van der Waals surface area contributed by atoms with Gasteiger partial charge in [0.05, 0.1) is 12.1 Å². The maximum absolute atomic E-state index is 13.4. The van der Waals surface area contributed by atoms with Crippen molar-refractivity contribution in [3.05, 3.63) is 57.9 Å². The van der Waals surface area contributed by atoms with E-state index < -0.39 is 5.82 Å². The molecule has 2 aromatic carbocycles. The van der Waals surface area contributed by atoms with E-state index in [0.717, 1.165) is 4.90 Å². The SMILES string of the molecule is COc1cc(/C=C2\CSc3ccc(F)cc3C2=O)cc(Cl)c1O. The monoisotopic (exact) mass is 350 g/mol. The lowest BCUT2D eigenvalue weighted by atomic mass is 10.0. The maximum Gasteiger partial charge on any atom is 0.191 e. The molecule has 0 aromatic heterocycles. The number of ketones is 1. The smallest absolute Gasteiger partial charge is 0.191 e. The molecule has 2 aromatic rings. The summed E-state index contributed by atoms with van der Waals surface area (Å²) in [5.41, 5.74) is 1.54. The summed E-state index contributed by atoms with van der Waals surface area (Å²) in [6.45, 7) is 0. The van der Waals surface area contributed by atoms with Gasteiger partial charge in [0.1, 0.15) is 5.82 Å². The lowest BCUT2D eigenvalue weighted by Gasteiger charge is -2.17. The van der Waals surface area contributed by atoms with Crippen molar-refractivity contribution in [2.75, 3.05) is 12.9 Å². The highest BCUT2D eigenvalue weighted by Crippen LogP contribution is 2.37. The quantitative estimate of drug-likeness (QED) is 0.806. The molecule has 6 heteroatoms. The number of benzene rings is 2. The second kappa shape index (κ2) is 6.26. The Morgan fingerprint density at radius 1 is 1.35 bits per heavy atom. The van der Waals surface area contributed by atoms with Crippen molar-refractivity contribution in [3.63, 3.8) is 0 Å². The molecule has 0 saturated carbocycles. The molecule has 0 aliphatic carbocycles. The average Bonchev–Trinajstić information content (AvgIpc) is 2.54. The van der Waals surface area contributed by atoms with Crippen LogP contribution in [0.3, 0.4) is 0 Å². The lowest BCUT2D eigenvalue weighted by molar-refractivity contribution is 0.103. The zero-order chi connectivity index (χ0) is 16.6. The average molecular weight is 351 g/mol. The van der Waals surface area contributed by atoms with Crippen LogP contribution in [-0.2, 0) is 0 Å². The van der Waals surface area contributed by atoms with Crippen molar-refractivity contribution in [1.82, 2.24) is 0 Å². The summed E-state index contributed by atoms with van der Waals surface area (Å²) in [7, 11) is 1.42. The normalized spacial score (nSPS) is 15.6. The molecule has 0 radical (unpaired) electrons. The first kappa shape index (κ1) is 15.9. The minimum Gasteiger partial charge on any atom is -0.503 e. The predicted molar refractivity (Wildman–Crippen MR) is 89.1 cm³/mol. The summed E-state index contributed by atoms with van der Waals surface area (Å²) in [6, 6.07) is 7.35. The molecule has 0 fully saturated rings. The van der Waals surface area contributed by atoms with E-state index in [-0.39, 0.29) is 22.3 Å². The Labute approximate surface area is 141 Å². The van der Waals surface area contributed by atoms with Crippen molar-refractivity contribution in [1.29, 1.82) is 0 Å². The van der Waals surface area contributed by atoms with E-state index in [9.17, 15) is 14.3 Å². The van der Waals surface area contributed by atoms with Crippen LogP contribution in [0, 0.1) is 5.82 Å². The van der Waals surface area contributed by atoms with Gasteiger partial charge in [0.2, 0.25) is 0 Å². The molecular formula is C17H12ClFO3S. The summed E-state index contributed by atoms with van der Waals surface area (Å²) >= 11 is 7.43. The highest BCUT2D eigenvalue weighted by Gasteiger charge is 2.23. The number of carbonyl (C=O) groups excluding carboxylic acids is 1. The van der Waals surface area contributed by atoms with Crippen molar-refractivity contribution in [2.24, 2.45) is 0 Å². The van der Waals surface area contributed by atoms with E-state index in [1.807, 2.05) is 0 Å². The van der Waals surface area contributed by atoms with Crippen LogP contribution in [0.25, 0.3) is 6.08 Å². The summed E-state index contributed by atoms with van der Waals surface area (Å²) in [5.74, 6) is -0.0762. The Kier molecular flexibility index (Phi) is 4.33. The first-order valence-corrected chi connectivity index (χ1v) is 8.10. The number of halogens is 2. The van der Waals surface area contributed by atoms with Gasteiger partial charge in [-0.05, 0) is 42.0 Å². The first-order chi connectivity index (χ1) is 11.0. The molecule has 0 bridgehead atoms. The lowest BCUT2D eigenvalue weighted by Crippen LogP contribution is -2.12. The second-order valence-electron chi connectivity index (χ2n) is 4.98. The van der Waals surface area contributed by atoms with Gasteiger partial charge in [0, 0.05) is 21.8 Å². The number of phenols is 1. The van der Waals surface area contributed by atoms with Crippen LogP contribution in [0.4, 0.5) is 4.39 Å². The number of rotatable bonds is 2. The summed E-state index contributed by atoms with van der Waals surface area (Å²) in [6.07, 6.45) is 1.68. The van der Waals surface area contributed by atoms with Gasteiger partial charge in [0.25, 0.3) is 0 Å².